The summed E-state index contributed by atoms with van der Waals surface area (Å²) in [6.45, 7) is 8.61. The molecule has 0 saturated heterocycles. The molecule has 2 heteroatoms. The zero-order chi connectivity index (χ0) is 9.40. The molecule has 1 nitrogen and oxygen atoms in total. The van der Waals surface area contributed by atoms with E-state index in [1.54, 1.807) is 0 Å². The summed E-state index contributed by atoms with van der Waals surface area (Å²) in [5, 5.41) is 3.31. The van der Waals surface area contributed by atoms with E-state index in [0.29, 0.717) is 12.1 Å². The van der Waals surface area contributed by atoms with Crippen molar-refractivity contribution in [2.75, 3.05) is 0 Å². The zero-order valence-electron chi connectivity index (χ0n) is 9.09. The number of hydrogen-bond acceptors (Lipinski definition) is 1. The van der Waals surface area contributed by atoms with E-state index in [1.807, 2.05) is 12.2 Å². The van der Waals surface area contributed by atoms with Gasteiger partial charge in [-0.15, -0.1) is 6.42 Å². The summed E-state index contributed by atoms with van der Waals surface area (Å²) in [6.07, 6.45) is 10.0. The van der Waals surface area contributed by atoms with Crippen LogP contribution in [0.4, 0.5) is 0 Å². The Morgan fingerprint density at radius 3 is 1.77 bits per heavy atom. The van der Waals surface area contributed by atoms with Gasteiger partial charge >= 0.3 is 0 Å². The van der Waals surface area contributed by atoms with Crippen LogP contribution in [-0.4, -0.2) is 12.1 Å². The van der Waals surface area contributed by atoms with Crippen LogP contribution in [0.25, 0.3) is 0 Å². The fraction of sp³-hybridized carbons (Fsp3) is 0.636. The van der Waals surface area contributed by atoms with E-state index in [1.165, 1.54) is 0 Å². The van der Waals surface area contributed by atoms with E-state index in [9.17, 15) is 0 Å². The molecule has 0 spiro atoms. The molecule has 1 aliphatic rings. The van der Waals surface area contributed by atoms with Crippen LogP contribution in [0.2, 0.25) is 0 Å². The molecule has 13 heavy (non-hydrogen) atoms. The second kappa shape index (κ2) is 10.2. The Labute approximate surface area is 97.6 Å². The Kier molecular flexibility index (Phi) is 12.3. The number of nitrogens with one attached hydrogen (secondary N) is 1. The van der Waals surface area contributed by atoms with Gasteiger partial charge in [-0.05, 0) is 0 Å². The minimum atomic E-state index is 0. The molecule has 0 amide bonds. The molecule has 0 bridgehead atoms. The van der Waals surface area contributed by atoms with E-state index in [0.717, 1.165) is 6.42 Å². The van der Waals surface area contributed by atoms with Gasteiger partial charge < -0.3 is 5.32 Å². The van der Waals surface area contributed by atoms with Crippen molar-refractivity contribution in [1.82, 2.24) is 5.32 Å². The van der Waals surface area contributed by atoms with Crippen LogP contribution < -0.4 is 5.32 Å². The molecule has 0 aromatic carbocycles. The van der Waals surface area contributed by atoms with E-state index < -0.39 is 0 Å². The van der Waals surface area contributed by atoms with Gasteiger partial charge in [0.1, 0.15) is 0 Å². The Morgan fingerprint density at radius 2 is 1.69 bits per heavy atom. The Balaban J connectivity index is 0. The molecule has 0 heterocycles. The van der Waals surface area contributed by atoms with Gasteiger partial charge in [-0.25, -0.2) is 12.2 Å². The number of hydrogen-bond donors (Lipinski definition) is 1. The largest absolute Gasteiger partial charge is 0.312 e. The monoisotopic (exact) mass is 214 g/mol. The van der Waals surface area contributed by atoms with E-state index in [-0.39, 0.29) is 21.7 Å². The Bertz CT molecular complexity index is 132. The predicted octanol–water partition coefficient (Wildman–Crippen LogP) is 2.70. The maximum Gasteiger partial charge on any atom is 0.00127 e. The quantitative estimate of drug-likeness (QED) is 0.550. The van der Waals surface area contributed by atoms with E-state index in [4.69, 9.17) is 0 Å². The topological polar surface area (TPSA) is 12.0 Å². The normalized spacial score (nSPS) is 12.8. The summed E-state index contributed by atoms with van der Waals surface area (Å²) in [6, 6.07) is 1.25. The molecule has 1 aliphatic carbocycles. The van der Waals surface area contributed by atoms with Gasteiger partial charge in [-0.1, -0.05) is 27.7 Å². The van der Waals surface area contributed by atoms with Crippen molar-refractivity contribution in [1.29, 1.82) is 0 Å². The average Bonchev–Trinajstić information content (AvgIpc) is 2.36. The second-order valence-corrected chi connectivity index (χ2v) is 3.48. The third-order valence-corrected chi connectivity index (χ3v) is 1.25. The maximum absolute atomic E-state index is 3.31. The van der Waals surface area contributed by atoms with Crippen molar-refractivity contribution < 1.29 is 21.7 Å². The zero-order valence-corrected chi connectivity index (χ0v) is 10.7. The number of allylic oxidation sites excluding steroid dienone is 4. The van der Waals surface area contributed by atoms with Crippen molar-refractivity contribution in [3.63, 3.8) is 0 Å². The molecule has 0 aromatic rings. The van der Waals surface area contributed by atoms with Crippen LogP contribution in [0.3, 0.4) is 0 Å². The predicted molar refractivity (Wildman–Crippen MR) is 55.0 cm³/mol. The fourth-order valence-electron chi connectivity index (χ4n) is 1.01. The summed E-state index contributed by atoms with van der Waals surface area (Å²) >= 11 is 0. The van der Waals surface area contributed by atoms with Crippen LogP contribution in [0.5, 0.6) is 0 Å². The minimum Gasteiger partial charge on any atom is -0.312 e. The molecule has 0 saturated carbocycles. The van der Waals surface area contributed by atoms with Gasteiger partial charge in [0.05, 0.1) is 0 Å². The summed E-state index contributed by atoms with van der Waals surface area (Å²) in [5.41, 5.74) is 0. The van der Waals surface area contributed by atoms with Gasteiger partial charge in [-0.3, -0.25) is 6.08 Å². The van der Waals surface area contributed by atoms with Gasteiger partial charge in [0.25, 0.3) is 0 Å². The Hall–Kier alpha value is 0.154. The van der Waals surface area contributed by atoms with Crippen molar-refractivity contribution >= 4 is 0 Å². The minimum absolute atomic E-state index is 0. The van der Waals surface area contributed by atoms with Crippen molar-refractivity contribution in [2.45, 2.75) is 46.2 Å². The molecule has 1 rings (SSSR count). The van der Waals surface area contributed by atoms with Gasteiger partial charge in [0.2, 0.25) is 0 Å². The number of rotatable bonds is 2. The molecule has 0 atom stereocenters. The Morgan fingerprint density at radius 1 is 1.15 bits per heavy atom. The van der Waals surface area contributed by atoms with E-state index in [2.05, 4.69) is 45.2 Å². The molecular formula is C11H20NTi-. The molecule has 1 N–H and O–H groups in total. The molecule has 0 aromatic heterocycles. The van der Waals surface area contributed by atoms with Gasteiger partial charge in [0.15, 0.2) is 0 Å². The molecule has 0 radical (unpaired) electrons. The summed E-state index contributed by atoms with van der Waals surface area (Å²) in [4.78, 5) is 0. The summed E-state index contributed by atoms with van der Waals surface area (Å²) in [7, 11) is 0. The van der Waals surface area contributed by atoms with Crippen molar-refractivity contribution in [2.24, 2.45) is 0 Å². The molecule has 0 aliphatic heterocycles. The van der Waals surface area contributed by atoms with E-state index >= 15 is 0 Å². The first-order valence-electron chi connectivity index (χ1n) is 4.60. The van der Waals surface area contributed by atoms with Gasteiger partial charge in [-0.2, -0.15) is 6.08 Å². The molecule has 74 valence electrons. The molecular weight excluding hydrogens is 194 g/mol. The van der Waals surface area contributed by atoms with Crippen LogP contribution in [0.1, 0.15) is 34.1 Å². The third-order valence-electron chi connectivity index (χ3n) is 1.25. The molecule has 0 unspecified atom stereocenters. The summed E-state index contributed by atoms with van der Waals surface area (Å²) in [5.74, 6) is 0. The maximum atomic E-state index is 3.31. The van der Waals surface area contributed by atoms with Crippen molar-refractivity contribution in [3.8, 4) is 0 Å². The smallest absolute Gasteiger partial charge is 0.00127 e. The molecule has 0 fully saturated rings. The van der Waals surface area contributed by atoms with Gasteiger partial charge in [0, 0.05) is 33.8 Å². The van der Waals surface area contributed by atoms with Crippen LogP contribution in [0.15, 0.2) is 18.2 Å². The first-order valence-corrected chi connectivity index (χ1v) is 4.60. The van der Waals surface area contributed by atoms with Crippen LogP contribution in [0, 0.1) is 6.08 Å². The summed E-state index contributed by atoms with van der Waals surface area (Å²) < 4.78 is 0. The SMILES string of the molecule is CC(C)NC(C)C.[C-]1=CC=CC1.[Ti]. The first-order chi connectivity index (χ1) is 5.63. The van der Waals surface area contributed by atoms with Crippen molar-refractivity contribution in [3.05, 3.63) is 24.3 Å². The standard InChI is InChI=1S/C6H15N.C5H5.Ti/c1-5(2)7-6(3)4;1-2-4-5-3-1;/h5-7H,1-4H3;1-3H,4H2;/q;-1;. The first kappa shape index (κ1) is 15.6. The van der Waals surface area contributed by atoms with Crippen LogP contribution in [-0.2, 0) is 21.7 Å². The van der Waals surface area contributed by atoms with Crippen LogP contribution >= 0.6 is 0 Å². The average molecular weight is 214 g/mol. The third kappa shape index (κ3) is 15.0. The fourth-order valence-corrected chi connectivity index (χ4v) is 1.01. The second-order valence-electron chi connectivity index (χ2n) is 3.48.